The van der Waals surface area contributed by atoms with Crippen molar-refractivity contribution in [1.29, 1.82) is 0 Å². The van der Waals surface area contributed by atoms with Crippen molar-refractivity contribution in [1.82, 2.24) is 0 Å². The smallest absolute Gasteiger partial charge is 0.193 e. The first kappa shape index (κ1) is 6.36. The Morgan fingerprint density at radius 1 is 1.67 bits per heavy atom. The van der Waals surface area contributed by atoms with E-state index in [-0.39, 0.29) is 0 Å². The van der Waals surface area contributed by atoms with Gasteiger partial charge in [-0.2, -0.15) is 0 Å². The predicted octanol–water partition coefficient (Wildman–Crippen LogP) is 1.67. The molecule has 0 saturated carbocycles. The van der Waals surface area contributed by atoms with E-state index in [4.69, 9.17) is 16.0 Å². The summed E-state index contributed by atoms with van der Waals surface area (Å²) in [5.41, 5.74) is 0. The Morgan fingerprint density at radius 3 is 2.89 bits per heavy atom. The topological polar surface area (TPSA) is 30.2 Å². The molecule has 2 nitrogen and oxygen atoms in total. The maximum absolute atomic E-state index is 9.88. The molecule has 1 aromatic heterocycles. The van der Waals surface area contributed by atoms with Crippen LogP contribution in [0.3, 0.4) is 0 Å². The van der Waals surface area contributed by atoms with Crippen LogP contribution in [-0.4, -0.2) is 6.29 Å². The van der Waals surface area contributed by atoms with E-state index >= 15 is 0 Å². The lowest BCUT2D eigenvalue weighted by molar-refractivity contribution is -0.107. The monoisotopic (exact) mass is 144 g/mol. The van der Waals surface area contributed by atoms with Crippen LogP contribution in [0.2, 0.25) is 5.22 Å². The zero-order valence-corrected chi connectivity index (χ0v) is 5.39. The van der Waals surface area contributed by atoms with Crippen molar-refractivity contribution < 1.29 is 9.21 Å². The minimum Gasteiger partial charge on any atom is -0.449 e. The standard InChI is InChI=1S/C6H5ClO2/c7-6-2-1-5(9-6)3-4-8/h1-2,4H,3H2. The minimum absolute atomic E-state index is 0.298. The lowest BCUT2D eigenvalue weighted by Gasteiger charge is -1.81. The molecule has 0 N–H and O–H groups in total. The molecule has 9 heavy (non-hydrogen) atoms. The second kappa shape index (κ2) is 2.69. The second-order valence-electron chi connectivity index (χ2n) is 1.58. The molecular formula is C6H5ClO2. The Hall–Kier alpha value is -0.760. The van der Waals surface area contributed by atoms with Crippen LogP contribution in [0.1, 0.15) is 5.76 Å². The third-order valence-electron chi connectivity index (χ3n) is 0.913. The van der Waals surface area contributed by atoms with Gasteiger partial charge in [0.25, 0.3) is 0 Å². The molecule has 1 heterocycles. The molecule has 0 fully saturated rings. The van der Waals surface area contributed by atoms with Crippen LogP contribution in [0.15, 0.2) is 16.5 Å². The first-order chi connectivity index (χ1) is 4.33. The number of rotatable bonds is 2. The molecule has 0 aliphatic carbocycles. The first-order valence-corrected chi connectivity index (χ1v) is 2.88. The molecule has 1 rings (SSSR count). The van der Waals surface area contributed by atoms with Gasteiger partial charge in [-0.3, -0.25) is 0 Å². The fraction of sp³-hybridized carbons (Fsp3) is 0.167. The third kappa shape index (κ3) is 1.57. The Morgan fingerprint density at radius 2 is 2.44 bits per heavy atom. The molecule has 48 valence electrons. The minimum atomic E-state index is 0.298. The fourth-order valence-electron chi connectivity index (χ4n) is 0.544. The molecule has 0 saturated heterocycles. The quantitative estimate of drug-likeness (QED) is 0.591. The van der Waals surface area contributed by atoms with Gasteiger partial charge in [0.15, 0.2) is 5.22 Å². The van der Waals surface area contributed by atoms with E-state index in [9.17, 15) is 4.79 Å². The summed E-state index contributed by atoms with van der Waals surface area (Å²) in [5.74, 6) is 0.606. The number of hydrogen-bond donors (Lipinski definition) is 0. The van der Waals surface area contributed by atoms with E-state index in [2.05, 4.69) is 0 Å². The Kier molecular flexibility index (Phi) is 1.90. The summed E-state index contributed by atoms with van der Waals surface area (Å²) < 4.78 is 4.86. The molecule has 0 unspecified atom stereocenters. The number of carbonyl (C=O) groups is 1. The fourth-order valence-corrected chi connectivity index (χ4v) is 0.706. The highest BCUT2D eigenvalue weighted by atomic mass is 35.5. The molecule has 0 bridgehead atoms. The summed E-state index contributed by atoms with van der Waals surface area (Å²) in [6, 6.07) is 3.29. The number of carbonyl (C=O) groups excluding carboxylic acids is 1. The van der Waals surface area contributed by atoms with Crippen LogP contribution in [0.4, 0.5) is 0 Å². The average Bonchev–Trinajstić information content (AvgIpc) is 2.17. The lowest BCUT2D eigenvalue weighted by atomic mass is 10.4. The van der Waals surface area contributed by atoms with E-state index in [1.165, 1.54) is 0 Å². The van der Waals surface area contributed by atoms with Gasteiger partial charge in [0.1, 0.15) is 12.0 Å². The van der Waals surface area contributed by atoms with Crippen molar-refractivity contribution in [3.8, 4) is 0 Å². The van der Waals surface area contributed by atoms with Crippen LogP contribution in [0.5, 0.6) is 0 Å². The van der Waals surface area contributed by atoms with Crippen LogP contribution >= 0.6 is 11.6 Å². The first-order valence-electron chi connectivity index (χ1n) is 2.51. The predicted molar refractivity (Wildman–Crippen MR) is 33.5 cm³/mol. The number of hydrogen-bond acceptors (Lipinski definition) is 2. The lowest BCUT2D eigenvalue weighted by Crippen LogP contribution is -1.78. The largest absolute Gasteiger partial charge is 0.449 e. The summed E-state index contributed by atoms with van der Waals surface area (Å²) in [6.45, 7) is 0. The molecule has 1 aromatic rings. The maximum Gasteiger partial charge on any atom is 0.193 e. The summed E-state index contributed by atoms with van der Waals surface area (Å²) in [4.78, 5) is 9.88. The van der Waals surface area contributed by atoms with Gasteiger partial charge >= 0.3 is 0 Å². The molecule has 0 radical (unpaired) electrons. The molecule has 0 aliphatic rings. The van der Waals surface area contributed by atoms with E-state index in [1.807, 2.05) is 0 Å². The van der Waals surface area contributed by atoms with Crippen molar-refractivity contribution >= 4 is 17.9 Å². The van der Waals surface area contributed by atoms with E-state index in [0.29, 0.717) is 17.4 Å². The van der Waals surface area contributed by atoms with Gasteiger partial charge in [-0.15, -0.1) is 0 Å². The summed E-state index contributed by atoms with van der Waals surface area (Å²) in [7, 11) is 0. The highest BCUT2D eigenvalue weighted by molar-refractivity contribution is 6.28. The van der Waals surface area contributed by atoms with Crippen molar-refractivity contribution in [2.24, 2.45) is 0 Å². The van der Waals surface area contributed by atoms with Gasteiger partial charge < -0.3 is 9.21 Å². The van der Waals surface area contributed by atoms with Crippen LogP contribution < -0.4 is 0 Å². The Bertz CT molecular complexity index is 205. The summed E-state index contributed by atoms with van der Waals surface area (Å²) >= 11 is 5.41. The Balaban J connectivity index is 2.72. The average molecular weight is 145 g/mol. The molecule has 0 amide bonds. The summed E-state index contributed by atoms with van der Waals surface area (Å²) in [5, 5.41) is 0.326. The van der Waals surface area contributed by atoms with Gasteiger partial charge in [0.2, 0.25) is 0 Å². The number of halogens is 1. The maximum atomic E-state index is 9.88. The number of furan rings is 1. The van der Waals surface area contributed by atoms with E-state index in [0.717, 1.165) is 6.29 Å². The van der Waals surface area contributed by atoms with Crippen molar-refractivity contribution in [2.75, 3.05) is 0 Å². The summed E-state index contributed by atoms with van der Waals surface area (Å²) in [6.07, 6.45) is 1.07. The Labute approximate surface area is 57.4 Å². The molecule has 0 aromatic carbocycles. The van der Waals surface area contributed by atoms with Crippen molar-refractivity contribution in [3.63, 3.8) is 0 Å². The van der Waals surface area contributed by atoms with Crippen LogP contribution in [0, 0.1) is 0 Å². The zero-order chi connectivity index (χ0) is 6.69. The second-order valence-corrected chi connectivity index (χ2v) is 1.95. The van der Waals surface area contributed by atoms with Gasteiger partial charge in [-0.05, 0) is 23.7 Å². The number of aldehydes is 1. The normalized spacial score (nSPS) is 9.44. The van der Waals surface area contributed by atoms with Crippen molar-refractivity contribution in [3.05, 3.63) is 23.1 Å². The highest BCUT2D eigenvalue weighted by Crippen LogP contribution is 2.12. The molecular weight excluding hydrogens is 140 g/mol. The van der Waals surface area contributed by atoms with Crippen molar-refractivity contribution in [2.45, 2.75) is 6.42 Å². The van der Waals surface area contributed by atoms with Crippen LogP contribution in [0.25, 0.3) is 0 Å². The molecule has 3 heteroatoms. The zero-order valence-electron chi connectivity index (χ0n) is 4.63. The third-order valence-corrected chi connectivity index (χ3v) is 1.12. The van der Waals surface area contributed by atoms with Gasteiger partial charge in [-0.25, -0.2) is 0 Å². The highest BCUT2D eigenvalue weighted by Gasteiger charge is 1.95. The van der Waals surface area contributed by atoms with Crippen LogP contribution in [-0.2, 0) is 11.2 Å². The molecule has 0 spiro atoms. The van der Waals surface area contributed by atoms with E-state index < -0.39 is 0 Å². The molecule has 0 atom stereocenters. The van der Waals surface area contributed by atoms with Gasteiger partial charge in [-0.1, -0.05) is 0 Å². The van der Waals surface area contributed by atoms with E-state index in [1.54, 1.807) is 12.1 Å². The van der Waals surface area contributed by atoms with Gasteiger partial charge in [0, 0.05) is 0 Å². The SMILES string of the molecule is O=CCc1ccc(Cl)o1. The van der Waals surface area contributed by atoms with Gasteiger partial charge in [0.05, 0.1) is 6.42 Å². The molecule has 0 aliphatic heterocycles.